The van der Waals surface area contributed by atoms with Gasteiger partial charge in [-0.25, -0.2) is 13.1 Å². The van der Waals surface area contributed by atoms with Crippen LogP contribution in [0.5, 0.6) is 0 Å². The van der Waals surface area contributed by atoms with Crippen LogP contribution in [0.15, 0.2) is 27.6 Å². The number of rotatable bonds is 6. The predicted molar refractivity (Wildman–Crippen MR) is 80.0 cm³/mol. The minimum atomic E-state index is -3.58. The summed E-state index contributed by atoms with van der Waals surface area (Å²) in [5.41, 5.74) is 0. The Kier molecular flexibility index (Phi) is 6.26. The van der Waals surface area contributed by atoms with Crippen molar-refractivity contribution in [2.45, 2.75) is 24.8 Å². The van der Waals surface area contributed by atoms with E-state index in [1.54, 1.807) is 13.2 Å². The number of ether oxygens (including phenoxy) is 1. The Morgan fingerprint density at radius 1 is 1.42 bits per heavy atom. The molecule has 1 N–H and O–H groups in total. The van der Waals surface area contributed by atoms with E-state index in [1.165, 1.54) is 12.1 Å². The Labute approximate surface area is 127 Å². The zero-order valence-electron chi connectivity index (χ0n) is 11.0. The molecule has 4 nitrogen and oxygen atoms in total. The normalized spacial score (nSPS) is 13.8. The molecule has 0 aliphatic rings. The van der Waals surface area contributed by atoms with Crippen molar-refractivity contribution in [1.29, 1.82) is 0 Å². The predicted octanol–water partition coefficient (Wildman–Crippen LogP) is 3.05. The van der Waals surface area contributed by atoms with Crippen molar-refractivity contribution >= 4 is 37.6 Å². The average Bonchev–Trinajstić information content (AvgIpc) is 2.31. The summed E-state index contributed by atoms with van der Waals surface area (Å²) in [5.74, 6) is 0.130. The highest BCUT2D eigenvalue weighted by molar-refractivity contribution is 9.10. The summed E-state index contributed by atoms with van der Waals surface area (Å²) in [6.45, 7) is 4.19. The van der Waals surface area contributed by atoms with E-state index >= 15 is 0 Å². The first-order valence-electron chi connectivity index (χ1n) is 5.74. The molecule has 1 rings (SSSR count). The molecule has 0 heterocycles. The second-order valence-corrected chi connectivity index (χ2v) is 7.48. The van der Waals surface area contributed by atoms with Crippen molar-refractivity contribution in [2.75, 3.05) is 13.7 Å². The zero-order valence-corrected chi connectivity index (χ0v) is 14.1. The highest BCUT2D eigenvalue weighted by atomic mass is 79.9. The molecule has 1 atom stereocenters. The summed E-state index contributed by atoms with van der Waals surface area (Å²) < 4.78 is 32.7. The lowest BCUT2D eigenvalue weighted by Crippen LogP contribution is -2.41. The SMILES string of the molecule is COCC(NS(=O)(=O)c1ccc(Cl)c(Br)c1)C(C)C. The lowest BCUT2D eigenvalue weighted by atomic mass is 10.1. The van der Waals surface area contributed by atoms with Crippen molar-refractivity contribution in [1.82, 2.24) is 4.72 Å². The Hall–Kier alpha value is -0.140. The number of hydrogen-bond acceptors (Lipinski definition) is 3. The van der Waals surface area contributed by atoms with Gasteiger partial charge in [0, 0.05) is 17.6 Å². The average molecular weight is 371 g/mol. The van der Waals surface area contributed by atoms with E-state index in [2.05, 4.69) is 20.7 Å². The Bertz CT molecular complexity index is 534. The molecule has 1 aromatic rings. The Morgan fingerprint density at radius 3 is 2.53 bits per heavy atom. The third kappa shape index (κ3) is 4.72. The number of sulfonamides is 1. The van der Waals surface area contributed by atoms with Gasteiger partial charge in [-0.15, -0.1) is 0 Å². The second-order valence-electron chi connectivity index (χ2n) is 4.50. The number of benzene rings is 1. The molecule has 0 spiro atoms. The van der Waals surface area contributed by atoms with Gasteiger partial charge in [-0.2, -0.15) is 0 Å². The van der Waals surface area contributed by atoms with E-state index in [9.17, 15) is 8.42 Å². The first kappa shape index (κ1) is 16.9. The molecule has 19 heavy (non-hydrogen) atoms. The molecular formula is C12H17BrClNO3S. The van der Waals surface area contributed by atoms with E-state index in [0.29, 0.717) is 16.1 Å². The number of hydrogen-bond donors (Lipinski definition) is 1. The van der Waals surface area contributed by atoms with Gasteiger partial charge in [-0.05, 0) is 40.0 Å². The number of methoxy groups -OCH3 is 1. The molecule has 1 aromatic carbocycles. The van der Waals surface area contributed by atoms with Gasteiger partial charge in [-0.3, -0.25) is 0 Å². The molecule has 7 heteroatoms. The molecule has 0 aliphatic carbocycles. The molecule has 0 bridgehead atoms. The van der Waals surface area contributed by atoms with Crippen LogP contribution in [-0.4, -0.2) is 28.2 Å². The van der Waals surface area contributed by atoms with Crippen LogP contribution < -0.4 is 4.72 Å². The molecule has 108 valence electrons. The van der Waals surface area contributed by atoms with Crippen LogP contribution in [0, 0.1) is 5.92 Å². The van der Waals surface area contributed by atoms with Crippen LogP contribution in [0.2, 0.25) is 5.02 Å². The molecule has 1 unspecified atom stereocenters. The molecular weight excluding hydrogens is 354 g/mol. The number of nitrogens with one attached hydrogen (secondary N) is 1. The molecule has 0 amide bonds. The van der Waals surface area contributed by atoms with Crippen LogP contribution >= 0.6 is 27.5 Å². The lowest BCUT2D eigenvalue weighted by Gasteiger charge is -2.21. The third-order valence-electron chi connectivity index (χ3n) is 2.66. The lowest BCUT2D eigenvalue weighted by molar-refractivity contribution is 0.157. The Morgan fingerprint density at radius 2 is 2.05 bits per heavy atom. The van der Waals surface area contributed by atoms with Gasteiger partial charge in [0.25, 0.3) is 0 Å². The highest BCUT2D eigenvalue weighted by Crippen LogP contribution is 2.25. The van der Waals surface area contributed by atoms with Crippen molar-refractivity contribution in [2.24, 2.45) is 5.92 Å². The maximum Gasteiger partial charge on any atom is 0.240 e. The molecule has 0 radical (unpaired) electrons. The summed E-state index contributed by atoms with van der Waals surface area (Å²) in [5, 5.41) is 0.469. The summed E-state index contributed by atoms with van der Waals surface area (Å²) in [7, 11) is -2.04. The first-order valence-corrected chi connectivity index (χ1v) is 8.39. The molecule has 0 saturated carbocycles. The van der Waals surface area contributed by atoms with Gasteiger partial charge in [0.1, 0.15) is 0 Å². The van der Waals surface area contributed by atoms with Crippen LogP contribution in [0.25, 0.3) is 0 Å². The standard InChI is InChI=1S/C12H17BrClNO3S/c1-8(2)12(7-18-3)15-19(16,17)9-4-5-11(14)10(13)6-9/h4-6,8,12,15H,7H2,1-3H3. The fourth-order valence-corrected chi connectivity index (χ4v) is 3.50. The van der Waals surface area contributed by atoms with Crippen molar-refractivity contribution in [3.63, 3.8) is 0 Å². The van der Waals surface area contributed by atoms with E-state index in [1.807, 2.05) is 13.8 Å². The van der Waals surface area contributed by atoms with Gasteiger partial charge >= 0.3 is 0 Å². The molecule has 0 fully saturated rings. The van der Waals surface area contributed by atoms with Crippen molar-refractivity contribution < 1.29 is 13.2 Å². The van der Waals surface area contributed by atoms with Crippen LogP contribution in [0.3, 0.4) is 0 Å². The van der Waals surface area contributed by atoms with Crippen molar-refractivity contribution in [3.05, 3.63) is 27.7 Å². The fourth-order valence-electron chi connectivity index (χ4n) is 1.45. The zero-order chi connectivity index (χ0) is 14.6. The maximum atomic E-state index is 12.3. The van der Waals surface area contributed by atoms with E-state index < -0.39 is 10.0 Å². The monoisotopic (exact) mass is 369 g/mol. The topological polar surface area (TPSA) is 55.4 Å². The minimum absolute atomic E-state index is 0.130. The third-order valence-corrected chi connectivity index (χ3v) is 5.36. The molecule has 0 saturated heterocycles. The summed E-state index contributed by atoms with van der Waals surface area (Å²) in [6, 6.07) is 4.22. The first-order chi connectivity index (χ1) is 8.77. The van der Waals surface area contributed by atoms with Gasteiger partial charge < -0.3 is 4.74 Å². The highest BCUT2D eigenvalue weighted by Gasteiger charge is 2.22. The van der Waals surface area contributed by atoms with Gasteiger partial charge in [0.15, 0.2) is 0 Å². The van der Waals surface area contributed by atoms with E-state index in [4.69, 9.17) is 16.3 Å². The fraction of sp³-hybridized carbons (Fsp3) is 0.500. The van der Waals surface area contributed by atoms with Gasteiger partial charge in [0.05, 0.1) is 16.5 Å². The summed E-state index contributed by atoms with van der Waals surface area (Å²) >= 11 is 9.07. The van der Waals surface area contributed by atoms with Crippen LogP contribution in [0.4, 0.5) is 0 Å². The molecule has 0 aromatic heterocycles. The van der Waals surface area contributed by atoms with E-state index in [-0.39, 0.29) is 16.9 Å². The molecule has 0 aliphatic heterocycles. The number of halogens is 2. The largest absolute Gasteiger partial charge is 0.383 e. The summed E-state index contributed by atoms with van der Waals surface area (Å²) in [4.78, 5) is 0.172. The quantitative estimate of drug-likeness (QED) is 0.837. The van der Waals surface area contributed by atoms with Gasteiger partial charge in [0.2, 0.25) is 10.0 Å². The minimum Gasteiger partial charge on any atom is -0.383 e. The van der Waals surface area contributed by atoms with Gasteiger partial charge in [-0.1, -0.05) is 25.4 Å². The second kappa shape index (κ2) is 7.04. The maximum absolute atomic E-state index is 12.3. The summed E-state index contributed by atoms with van der Waals surface area (Å²) in [6.07, 6.45) is 0. The Balaban J connectivity index is 2.99. The smallest absolute Gasteiger partial charge is 0.240 e. The van der Waals surface area contributed by atoms with Crippen LogP contribution in [0.1, 0.15) is 13.8 Å². The van der Waals surface area contributed by atoms with Crippen LogP contribution in [-0.2, 0) is 14.8 Å². The van der Waals surface area contributed by atoms with Crippen molar-refractivity contribution in [3.8, 4) is 0 Å². The van der Waals surface area contributed by atoms with E-state index in [0.717, 1.165) is 0 Å².